The zero-order chi connectivity index (χ0) is 27.7. The Balaban J connectivity index is 1.95. The first-order valence-corrected chi connectivity index (χ1v) is 14.0. The van der Waals surface area contributed by atoms with Crippen LogP contribution in [0.5, 0.6) is 0 Å². The molecule has 0 aliphatic carbocycles. The number of carbonyl (C=O) groups excluding carboxylic acids is 2. The molecule has 1 N–H and O–H groups in total. The number of aryl methyl sites for hydroxylation is 1. The van der Waals surface area contributed by atoms with Crippen LogP contribution in [0.4, 0.5) is 10.1 Å². The van der Waals surface area contributed by atoms with E-state index in [1.807, 2.05) is 44.2 Å². The van der Waals surface area contributed by atoms with E-state index in [0.29, 0.717) is 13.0 Å². The summed E-state index contributed by atoms with van der Waals surface area (Å²) in [5.74, 6) is -1.39. The fourth-order valence-corrected chi connectivity index (χ4v) is 5.35. The van der Waals surface area contributed by atoms with Gasteiger partial charge in [0, 0.05) is 13.1 Å². The van der Waals surface area contributed by atoms with Crippen LogP contribution in [-0.4, -0.2) is 50.8 Å². The molecule has 202 valence electrons. The van der Waals surface area contributed by atoms with Crippen LogP contribution in [0.3, 0.4) is 0 Å². The molecule has 0 fully saturated rings. The summed E-state index contributed by atoms with van der Waals surface area (Å²) < 4.78 is 42.0. The lowest BCUT2D eigenvalue weighted by Gasteiger charge is -2.32. The van der Waals surface area contributed by atoms with Gasteiger partial charge in [0.2, 0.25) is 11.8 Å². The van der Waals surface area contributed by atoms with Gasteiger partial charge in [0.15, 0.2) is 0 Å². The van der Waals surface area contributed by atoms with Crippen LogP contribution in [0.2, 0.25) is 0 Å². The molecule has 0 aromatic heterocycles. The molecule has 3 aromatic carbocycles. The number of carbonyl (C=O) groups is 2. The molecule has 0 saturated carbocycles. The molecule has 0 heterocycles. The zero-order valence-corrected chi connectivity index (χ0v) is 22.7. The number of nitrogens with zero attached hydrogens (tertiary/aromatic N) is 2. The minimum absolute atomic E-state index is 0.00444. The van der Waals surface area contributed by atoms with Crippen LogP contribution in [-0.2, 0) is 26.0 Å². The summed E-state index contributed by atoms with van der Waals surface area (Å²) in [5.41, 5.74) is 2.01. The summed E-state index contributed by atoms with van der Waals surface area (Å²) in [6, 6.07) is 19.9. The van der Waals surface area contributed by atoms with Gasteiger partial charge < -0.3 is 10.2 Å². The number of amides is 2. The molecule has 0 saturated heterocycles. The van der Waals surface area contributed by atoms with Gasteiger partial charge in [-0.15, -0.1) is 0 Å². The van der Waals surface area contributed by atoms with Gasteiger partial charge in [0.25, 0.3) is 10.0 Å². The quantitative estimate of drug-likeness (QED) is 0.372. The normalized spacial score (nSPS) is 12.0. The predicted octanol–water partition coefficient (Wildman–Crippen LogP) is 4.32. The highest BCUT2D eigenvalue weighted by Gasteiger charge is 2.32. The lowest BCUT2D eigenvalue weighted by Crippen LogP contribution is -2.52. The second-order valence-corrected chi connectivity index (χ2v) is 11.0. The van der Waals surface area contributed by atoms with E-state index in [9.17, 15) is 22.4 Å². The maximum absolute atomic E-state index is 13.7. The fourth-order valence-electron chi connectivity index (χ4n) is 3.94. The van der Waals surface area contributed by atoms with Crippen LogP contribution in [0.15, 0.2) is 83.8 Å². The van der Waals surface area contributed by atoms with Gasteiger partial charge in [-0.2, -0.15) is 0 Å². The van der Waals surface area contributed by atoms with E-state index in [1.165, 1.54) is 29.2 Å². The molecule has 0 aliphatic rings. The van der Waals surface area contributed by atoms with Crippen LogP contribution < -0.4 is 9.62 Å². The van der Waals surface area contributed by atoms with Crippen molar-refractivity contribution in [2.45, 2.75) is 44.6 Å². The molecule has 1 atom stereocenters. The Bertz CT molecular complexity index is 1310. The highest BCUT2D eigenvalue weighted by atomic mass is 32.2. The standard InChI is InChI=1S/C29H34FN3O4S/c1-4-19-31-29(35)23(3)32(20-18-24-8-6-5-7-9-24)28(34)21-33(26-14-12-25(30)13-15-26)38(36,37)27-16-10-22(2)11-17-27/h5-17,23H,4,18-21H2,1-3H3,(H,31,35)/t23-/m1/s1. The van der Waals surface area contributed by atoms with Crippen LogP contribution in [0.1, 0.15) is 31.4 Å². The van der Waals surface area contributed by atoms with Crippen LogP contribution in [0.25, 0.3) is 0 Å². The maximum Gasteiger partial charge on any atom is 0.264 e. The smallest absolute Gasteiger partial charge is 0.264 e. The number of rotatable bonds is 12. The first kappa shape index (κ1) is 28.8. The molecule has 0 radical (unpaired) electrons. The summed E-state index contributed by atoms with van der Waals surface area (Å²) in [6.07, 6.45) is 1.22. The van der Waals surface area contributed by atoms with Gasteiger partial charge in [-0.1, -0.05) is 55.0 Å². The van der Waals surface area contributed by atoms with Gasteiger partial charge in [-0.05, 0) is 68.7 Å². The van der Waals surface area contributed by atoms with E-state index in [0.717, 1.165) is 34.0 Å². The van der Waals surface area contributed by atoms with Gasteiger partial charge in [-0.25, -0.2) is 12.8 Å². The molecule has 0 bridgehead atoms. The van der Waals surface area contributed by atoms with Crippen molar-refractivity contribution >= 4 is 27.5 Å². The molecule has 0 spiro atoms. The van der Waals surface area contributed by atoms with E-state index >= 15 is 0 Å². The third-order valence-electron chi connectivity index (χ3n) is 6.20. The summed E-state index contributed by atoms with van der Waals surface area (Å²) in [6.45, 7) is 5.53. The molecule has 0 unspecified atom stereocenters. The highest BCUT2D eigenvalue weighted by molar-refractivity contribution is 7.92. The van der Waals surface area contributed by atoms with Crippen molar-refractivity contribution in [2.75, 3.05) is 23.9 Å². The minimum atomic E-state index is -4.18. The largest absolute Gasteiger partial charge is 0.354 e. The Labute approximate surface area is 224 Å². The number of halogens is 1. The first-order chi connectivity index (χ1) is 18.1. The summed E-state index contributed by atoms with van der Waals surface area (Å²) in [5, 5.41) is 2.81. The van der Waals surface area contributed by atoms with E-state index in [-0.39, 0.29) is 23.0 Å². The van der Waals surface area contributed by atoms with Crippen LogP contribution in [0, 0.1) is 12.7 Å². The first-order valence-electron chi connectivity index (χ1n) is 12.6. The Kier molecular flexibility index (Phi) is 10.0. The topological polar surface area (TPSA) is 86.8 Å². The second-order valence-electron chi connectivity index (χ2n) is 9.09. The Morgan fingerprint density at radius 2 is 1.58 bits per heavy atom. The summed E-state index contributed by atoms with van der Waals surface area (Å²) in [4.78, 5) is 28.0. The fraction of sp³-hybridized carbons (Fsp3) is 0.310. The van der Waals surface area contributed by atoms with Crippen molar-refractivity contribution in [2.24, 2.45) is 0 Å². The molecular weight excluding hydrogens is 505 g/mol. The lowest BCUT2D eigenvalue weighted by molar-refractivity contribution is -0.138. The Hall–Kier alpha value is -3.72. The zero-order valence-electron chi connectivity index (χ0n) is 21.9. The summed E-state index contributed by atoms with van der Waals surface area (Å²) in [7, 11) is -4.18. The van der Waals surface area contributed by atoms with Crippen molar-refractivity contribution in [3.8, 4) is 0 Å². The van der Waals surface area contributed by atoms with Gasteiger partial charge in [0.1, 0.15) is 18.4 Å². The molecule has 3 aromatic rings. The molecule has 3 rings (SSSR count). The molecule has 0 aliphatic heterocycles. The Morgan fingerprint density at radius 1 is 0.947 bits per heavy atom. The summed E-state index contributed by atoms with van der Waals surface area (Å²) >= 11 is 0. The molecular formula is C29H34FN3O4S. The van der Waals surface area contributed by atoms with Gasteiger partial charge in [0.05, 0.1) is 10.6 Å². The molecule has 2 amide bonds. The number of anilines is 1. The van der Waals surface area contributed by atoms with Crippen molar-refractivity contribution in [1.29, 1.82) is 0 Å². The van der Waals surface area contributed by atoms with Gasteiger partial charge >= 0.3 is 0 Å². The number of hydrogen-bond acceptors (Lipinski definition) is 4. The molecule has 38 heavy (non-hydrogen) atoms. The van der Waals surface area contributed by atoms with Crippen LogP contribution >= 0.6 is 0 Å². The van der Waals surface area contributed by atoms with E-state index < -0.39 is 34.3 Å². The maximum atomic E-state index is 13.7. The number of sulfonamides is 1. The SMILES string of the molecule is CCCNC(=O)[C@@H](C)N(CCc1ccccc1)C(=O)CN(c1ccc(F)cc1)S(=O)(=O)c1ccc(C)cc1. The third kappa shape index (κ3) is 7.41. The Morgan fingerprint density at radius 3 is 2.18 bits per heavy atom. The van der Waals surface area contributed by atoms with Crippen molar-refractivity contribution in [3.05, 3.63) is 95.8 Å². The van der Waals surface area contributed by atoms with Crippen molar-refractivity contribution < 1.29 is 22.4 Å². The number of nitrogens with one attached hydrogen (secondary N) is 1. The lowest BCUT2D eigenvalue weighted by atomic mass is 10.1. The third-order valence-corrected chi connectivity index (χ3v) is 7.99. The van der Waals surface area contributed by atoms with E-state index in [1.54, 1.807) is 19.1 Å². The van der Waals surface area contributed by atoms with E-state index in [2.05, 4.69) is 5.32 Å². The number of hydrogen-bond donors (Lipinski definition) is 1. The minimum Gasteiger partial charge on any atom is -0.354 e. The highest BCUT2D eigenvalue weighted by Crippen LogP contribution is 2.25. The second kappa shape index (κ2) is 13.2. The average molecular weight is 540 g/mol. The van der Waals surface area contributed by atoms with Crippen molar-refractivity contribution in [3.63, 3.8) is 0 Å². The van der Waals surface area contributed by atoms with Gasteiger partial charge in [-0.3, -0.25) is 13.9 Å². The van der Waals surface area contributed by atoms with Crippen molar-refractivity contribution in [1.82, 2.24) is 10.2 Å². The van der Waals surface area contributed by atoms with E-state index in [4.69, 9.17) is 0 Å². The molecule has 9 heteroatoms. The monoisotopic (exact) mass is 539 g/mol. The average Bonchev–Trinajstić information content (AvgIpc) is 2.91. The molecule has 7 nitrogen and oxygen atoms in total. The predicted molar refractivity (Wildman–Crippen MR) is 147 cm³/mol. The number of benzene rings is 3.